The molecule has 26 heavy (non-hydrogen) atoms. The van der Waals surface area contributed by atoms with Crippen molar-refractivity contribution in [1.29, 1.82) is 0 Å². The van der Waals surface area contributed by atoms with Gasteiger partial charge in [0.25, 0.3) is 11.8 Å². The SMILES string of the molecule is CCOc1cc(C(=O)Nc2ccc(C(=O)NC)cc2)ccc1OC(F)F. The second-order valence-corrected chi connectivity index (χ2v) is 5.08. The number of carbonyl (C=O) groups excluding carboxylic acids is 2. The van der Waals surface area contributed by atoms with Gasteiger partial charge in [0.2, 0.25) is 0 Å². The highest BCUT2D eigenvalue weighted by atomic mass is 19.3. The van der Waals surface area contributed by atoms with Crippen LogP contribution in [0.25, 0.3) is 0 Å². The van der Waals surface area contributed by atoms with E-state index in [-0.39, 0.29) is 29.6 Å². The van der Waals surface area contributed by atoms with E-state index in [9.17, 15) is 18.4 Å². The third-order valence-electron chi connectivity index (χ3n) is 3.35. The molecule has 0 unspecified atom stereocenters. The number of anilines is 1. The van der Waals surface area contributed by atoms with E-state index in [1.807, 2.05) is 0 Å². The number of benzene rings is 2. The highest BCUT2D eigenvalue weighted by molar-refractivity contribution is 6.05. The summed E-state index contributed by atoms with van der Waals surface area (Å²) >= 11 is 0. The van der Waals surface area contributed by atoms with Crippen molar-refractivity contribution in [3.63, 3.8) is 0 Å². The fourth-order valence-corrected chi connectivity index (χ4v) is 2.16. The number of rotatable bonds is 7. The van der Waals surface area contributed by atoms with Crippen molar-refractivity contribution in [2.45, 2.75) is 13.5 Å². The first kappa shape index (κ1) is 19.2. The summed E-state index contributed by atoms with van der Waals surface area (Å²) in [6.45, 7) is -1.08. The van der Waals surface area contributed by atoms with Gasteiger partial charge in [0.15, 0.2) is 11.5 Å². The van der Waals surface area contributed by atoms with Crippen LogP contribution in [-0.4, -0.2) is 32.1 Å². The van der Waals surface area contributed by atoms with Gasteiger partial charge in [0, 0.05) is 23.9 Å². The van der Waals surface area contributed by atoms with Crippen molar-refractivity contribution in [1.82, 2.24) is 5.32 Å². The number of halogens is 2. The van der Waals surface area contributed by atoms with E-state index in [4.69, 9.17) is 4.74 Å². The largest absolute Gasteiger partial charge is 0.490 e. The van der Waals surface area contributed by atoms with Gasteiger partial charge < -0.3 is 20.1 Å². The zero-order valence-corrected chi connectivity index (χ0v) is 14.2. The Morgan fingerprint density at radius 3 is 2.23 bits per heavy atom. The molecule has 0 saturated carbocycles. The summed E-state index contributed by atoms with van der Waals surface area (Å²) in [5.41, 5.74) is 1.15. The Bertz CT molecular complexity index is 779. The van der Waals surface area contributed by atoms with Crippen LogP contribution in [0.3, 0.4) is 0 Å². The van der Waals surface area contributed by atoms with E-state index in [2.05, 4.69) is 15.4 Å². The minimum absolute atomic E-state index is 0.0513. The minimum atomic E-state index is -2.99. The molecule has 138 valence electrons. The van der Waals surface area contributed by atoms with E-state index in [0.29, 0.717) is 11.3 Å². The van der Waals surface area contributed by atoms with E-state index in [1.165, 1.54) is 25.2 Å². The molecular weight excluding hydrogens is 346 g/mol. The van der Waals surface area contributed by atoms with Crippen LogP contribution >= 0.6 is 0 Å². The molecule has 0 spiro atoms. The van der Waals surface area contributed by atoms with Gasteiger partial charge >= 0.3 is 6.61 Å². The lowest BCUT2D eigenvalue weighted by molar-refractivity contribution is -0.0514. The molecule has 0 fully saturated rings. The molecule has 0 aliphatic heterocycles. The Morgan fingerprint density at radius 2 is 1.65 bits per heavy atom. The van der Waals surface area contributed by atoms with E-state index >= 15 is 0 Å². The van der Waals surface area contributed by atoms with E-state index in [1.54, 1.807) is 31.2 Å². The van der Waals surface area contributed by atoms with Crippen LogP contribution in [0.4, 0.5) is 14.5 Å². The van der Waals surface area contributed by atoms with Crippen LogP contribution in [0.2, 0.25) is 0 Å². The molecule has 0 aliphatic rings. The molecule has 2 amide bonds. The molecule has 2 aromatic rings. The van der Waals surface area contributed by atoms with Crippen molar-refractivity contribution in [2.24, 2.45) is 0 Å². The zero-order valence-electron chi connectivity index (χ0n) is 14.2. The molecule has 0 aliphatic carbocycles. The summed E-state index contributed by atoms with van der Waals surface area (Å²) in [5.74, 6) is -0.787. The van der Waals surface area contributed by atoms with Gasteiger partial charge in [0.1, 0.15) is 0 Å². The lowest BCUT2D eigenvalue weighted by atomic mass is 10.1. The third-order valence-corrected chi connectivity index (χ3v) is 3.35. The Morgan fingerprint density at radius 1 is 1.00 bits per heavy atom. The number of hydrogen-bond donors (Lipinski definition) is 2. The summed E-state index contributed by atoms with van der Waals surface area (Å²) in [5, 5.41) is 5.16. The fourth-order valence-electron chi connectivity index (χ4n) is 2.16. The van der Waals surface area contributed by atoms with Crippen LogP contribution in [0.15, 0.2) is 42.5 Å². The van der Waals surface area contributed by atoms with Crippen molar-refractivity contribution < 1.29 is 27.8 Å². The molecule has 6 nitrogen and oxygen atoms in total. The predicted molar refractivity (Wildman–Crippen MR) is 92.0 cm³/mol. The Hall–Kier alpha value is -3.16. The summed E-state index contributed by atoms with van der Waals surface area (Å²) in [4.78, 5) is 23.8. The van der Waals surface area contributed by atoms with Gasteiger partial charge in [-0.15, -0.1) is 0 Å². The fraction of sp³-hybridized carbons (Fsp3) is 0.222. The normalized spacial score (nSPS) is 10.3. The van der Waals surface area contributed by atoms with Gasteiger partial charge in [-0.3, -0.25) is 9.59 Å². The van der Waals surface area contributed by atoms with E-state index < -0.39 is 12.5 Å². The Labute approximate surface area is 149 Å². The number of amides is 2. The maximum Gasteiger partial charge on any atom is 0.387 e. The van der Waals surface area contributed by atoms with Gasteiger partial charge in [-0.05, 0) is 49.4 Å². The molecule has 0 bridgehead atoms. The quantitative estimate of drug-likeness (QED) is 0.790. The monoisotopic (exact) mass is 364 g/mol. The van der Waals surface area contributed by atoms with Gasteiger partial charge in [-0.1, -0.05) is 0 Å². The molecule has 0 aromatic heterocycles. The van der Waals surface area contributed by atoms with Gasteiger partial charge in [0.05, 0.1) is 6.61 Å². The average molecular weight is 364 g/mol. The summed E-state index contributed by atoms with van der Waals surface area (Å²) in [6, 6.07) is 10.2. The van der Waals surface area contributed by atoms with Crippen molar-refractivity contribution >= 4 is 17.5 Å². The predicted octanol–water partition coefficient (Wildman–Crippen LogP) is 3.30. The maximum atomic E-state index is 12.4. The van der Waals surface area contributed by atoms with Crippen LogP contribution in [-0.2, 0) is 0 Å². The number of carbonyl (C=O) groups is 2. The topological polar surface area (TPSA) is 76.7 Å². The standard InChI is InChI=1S/C18H18F2N2O4/c1-3-25-15-10-12(6-9-14(15)26-18(19)20)17(24)22-13-7-4-11(5-8-13)16(23)21-2/h4-10,18H,3H2,1-2H3,(H,21,23)(H,22,24). The zero-order chi connectivity index (χ0) is 19.1. The Kier molecular flexibility index (Phi) is 6.48. The molecule has 8 heteroatoms. The number of alkyl halides is 2. The summed E-state index contributed by atoms with van der Waals surface area (Å²) < 4.78 is 34.5. The lowest BCUT2D eigenvalue weighted by Crippen LogP contribution is -2.18. The molecule has 2 aromatic carbocycles. The van der Waals surface area contributed by atoms with Crippen LogP contribution in [0, 0.1) is 0 Å². The Balaban J connectivity index is 2.15. The third kappa shape index (κ3) is 4.92. The van der Waals surface area contributed by atoms with Gasteiger partial charge in [-0.2, -0.15) is 8.78 Å². The highest BCUT2D eigenvalue weighted by Crippen LogP contribution is 2.30. The first-order valence-corrected chi connectivity index (χ1v) is 7.79. The van der Waals surface area contributed by atoms with Crippen molar-refractivity contribution in [2.75, 3.05) is 19.0 Å². The smallest absolute Gasteiger partial charge is 0.387 e. The van der Waals surface area contributed by atoms with Crippen LogP contribution in [0.1, 0.15) is 27.6 Å². The van der Waals surface area contributed by atoms with Crippen molar-refractivity contribution in [3.05, 3.63) is 53.6 Å². The maximum absolute atomic E-state index is 12.4. The average Bonchev–Trinajstić information content (AvgIpc) is 2.63. The highest BCUT2D eigenvalue weighted by Gasteiger charge is 2.15. The number of ether oxygens (including phenoxy) is 2. The van der Waals surface area contributed by atoms with E-state index in [0.717, 1.165) is 0 Å². The second kappa shape index (κ2) is 8.80. The molecule has 2 rings (SSSR count). The number of hydrogen-bond acceptors (Lipinski definition) is 4. The molecule has 0 saturated heterocycles. The first-order chi connectivity index (χ1) is 12.4. The molecular formula is C18H18F2N2O4. The van der Waals surface area contributed by atoms with Gasteiger partial charge in [-0.25, -0.2) is 0 Å². The second-order valence-electron chi connectivity index (χ2n) is 5.08. The minimum Gasteiger partial charge on any atom is -0.490 e. The first-order valence-electron chi connectivity index (χ1n) is 7.79. The molecule has 2 N–H and O–H groups in total. The summed E-state index contributed by atoms with van der Waals surface area (Å²) in [6.07, 6.45) is 0. The number of nitrogens with one attached hydrogen (secondary N) is 2. The molecule has 0 radical (unpaired) electrons. The molecule has 0 heterocycles. The van der Waals surface area contributed by atoms with Crippen LogP contribution < -0.4 is 20.1 Å². The molecule has 0 atom stereocenters. The van der Waals surface area contributed by atoms with Crippen molar-refractivity contribution in [3.8, 4) is 11.5 Å². The van der Waals surface area contributed by atoms with Crippen LogP contribution in [0.5, 0.6) is 11.5 Å². The summed E-state index contributed by atoms with van der Waals surface area (Å²) in [7, 11) is 1.52. The lowest BCUT2D eigenvalue weighted by Gasteiger charge is -2.13.